The zero-order chi connectivity index (χ0) is 15.8. The van der Waals surface area contributed by atoms with Gasteiger partial charge >= 0.3 is 5.97 Å². The number of likely N-dealkylation sites (tertiary alicyclic amines) is 1. The van der Waals surface area contributed by atoms with Gasteiger partial charge in [0, 0.05) is 23.7 Å². The lowest BCUT2D eigenvalue weighted by Crippen LogP contribution is -2.41. The quantitative estimate of drug-likeness (QED) is 0.904. The fourth-order valence-corrected chi connectivity index (χ4v) is 5.82. The Hall–Kier alpha value is -1.24. The summed E-state index contributed by atoms with van der Waals surface area (Å²) in [4.78, 5) is 20.8. The molecule has 0 bridgehead atoms. The fraction of sp³-hybridized carbons (Fsp3) is 0.529. The highest BCUT2D eigenvalue weighted by Gasteiger charge is 2.45. The maximum atomic E-state index is 11.7. The maximum absolute atomic E-state index is 11.7. The molecule has 2 fully saturated rings. The zero-order valence-electron chi connectivity index (χ0n) is 12.9. The number of nitrogens with zero attached hydrogens (tertiary/aromatic N) is 2. The summed E-state index contributed by atoms with van der Waals surface area (Å²) in [6.45, 7) is 0.723. The van der Waals surface area contributed by atoms with Crippen LogP contribution in [0.15, 0.2) is 23.7 Å². The molecule has 1 aliphatic carbocycles. The Labute approximate surface area is 143 Å². The van der Waals surface area contributed by atoms with Crippen molar-refractivity contribution in [3.8, 4) is 9.88 Å². The van der Waals surface area contributed by atoms with Crippen LogP contribution < -0.4 is 0 Å². The molecule has 0 spiro atoms. The Kier molecular flexibility index (Phi) is 4.22. The second kappa shape index (κ2) is 6.34. The van der Waals surface area contributed by atoms with Crippen molar-refractivity contribution in [2.24, 2.45) is 5.92 Å². The highest BCUT2D eigenvalue weighted by molar-refractivity contribution is 7.20. The molecular weight excluding hydrogens is 328 g/mol. The molecular formula is C17H20N2O2S2. The van der Waals surface area contributed by atoms with E-state index in [0.29, 0.717) is 12.0 Å². The molecule has 6 heteroatoms. The van der Waals surface area contributed by atoms with E-state index < -0.39 is 5.97 Å². The lowest BCUT2D eigenvalue weighted by Gasteiger charge is -2.32. The highest BCUT2D eigenvalue weighted by atomic mass is 32.1. The van der Waals surface area contributed by atoms with Gasteiger partial charge in [-0.1, -0.05) is 18.9 Å². The summed E-state index contributed by atoms with van der Waals surface area (Å²) in [6.07, 6.45) is 7.56. The second-order valence-electron chi connectivity index (χ2n) is 6.48. The average Bonchev–Trinajstić information content (AvgIpc) is 3.26. The first-order valence-electron chi connectivity index (χ1n) is 8.19. The molecule has 1 saturated heterocycles. The topological polar surface area (TPSA) is 53.4 Å². The smallest absolute Gasteiger partial charge is 0.320 e. The SMILES string of the molecule is O=C(O)C1CC2CCCCC2N1Cc1cnc(-c2cccs2)s1. The van der Waals surface area contributed by atoms with Crippen LogP contribution in [0.3, 0.4) is 0 Å². The Bertz CT molecular complexity index is 683. The van der Waals surface area contributed by atoms with Crippen LogP contribution in [0.4, 0.5) is 0 Å². The number of rotatable bonds is 4. The van der Waals surface area contributed by atoms with Gasteiger partial charge in [0.1, 0.15) is 11.0 Å². The Morgan fingerprint density at radius 2 is 2.26 bits per heavy atom. The number of fused-ring (bicyclic) bond motifs is 1. The minimum absolute atomic E-state index is 0.324. The normalized spacial score (nSPS) is 27.9. The monoisotopic (exact) mass is 348 g/mol. The number of thiazole rings is 1. The summed E-state index contributed by atoms with van der Waals surface area (Å²) < 4.78 is 0. The third kappa shape index (κ3) is 2.95. The van der Waals surface area contributed by atoms with Crippen molar-refractivity contribution >= 4 is 28.6 Å². The molecule has 1 N–H and O–H groups in total. The average molecular weight is 348 g/mol. The van der Waals surface area contributed by atoms with Crippen molar-refractivity contribution < 1.29 is 9.90 Å². The molecule has 3 heterocycles. The van der Waals surface area contributed by atoms with Crippen LogP contribution in [0.1, 0.15) is 37.0 Å². The van der Waals surface area contributed by atoms with Crippen molar-refractivity contribution in [1.29, 1.82) is 0 Å². The van der Waals surface area contributed by atoms with Gasteiger partial charge < -0.3 is 5.11 Å². The summed E-state index contributed by atoms with van der Waals surface area (Å²) in [7, 11) is 0. The predicted octanol–water partition coefficient (Wildman–Crippen LogP) is 4.09. The summed E-state index contributed by atoms with van der Waals surface area (Å²) >= 11 is 3.39. The predicted molar refractivity (Wildman–Crippen MR) is 92.8 cm³/mol. The van der Waals surface area contributed by atoms with E-state index in [4.69, 9.17) is 0 Å². The number of hydrogen-bond donors (Lipinski definition) is 1. The van der Waals surface area contributed by atoms with E-state index in [-0.39, 0.29) is 6.04 Å². The lowest BCUT2D eigenvalue weighted by atomic mass is 9.85. The molecule has 4 rings (SSSR count). The number of aromatic nitrogens is 1. The zero-order valence-corrected chi connectivity index (χ0v) is 14.5. The van der Waals surface area contributed by atoms with Gasteiger partial charge in [0.2, 0.25) is 0 Å². The van der Waals surface area contributed by atoms with Gasteiger partial charge in [-0.15, -0.1) is 22.7 Å². The fourth-order valence-electron chi connectivity index (χ4n) is 4.10. The molecule has 4 nitrogen and oxygen atoms in total. The Morgan fingerprint density at radius 1 is 1.39 bits per heavy atom. The second-order valence-corrected chi connectivity index (χ2v) is 8.55. The number of carboxylic acids is 1. The highest BCUT2D eigenvalue weighted by Crippen LogP contribution is 2.41. The first-order chi connectivity index (χ1) is 11.2. The van der Waals surface area contributed by atoms with Gasteiger partial charge in [-0.05, 0) is 36.6 Å². The molecule has 2 aromatic heterocycles. The summed E-state index contributed by atoms with van der Waals surface area (Å²) in [5.74, 6) is -0.100. The molecule has 0 radical (unpaired) electrons. The van der Waals surface area contributed by atoms with Gasteiger partial charge in [-0.3, -0.25) is 9.69 Å². The van der Waals surface area contributed by atoms with E-state index in [1.165, 1.54) is 29.0 Å². The van der Waals surface area contributed by atoms with Crippen LogP contribution in [0, 0.1) is 5.92 Å². The van der Waals surface area contributed by atoms with Crippen LogP contribution in [-0.2, 0) is 11.3 Å². The van der Waals surface area contributed by atoms with Crippen LogP contribution >= 0.6 is 22.7 Å². The van der Waals surface area contributed by atoms with E-state index in [1.54, 1.807) is 22.7 Å². The van der Waals surface area contributed by atoms with Gasteiger partial charge in [0.15, 0.2) is 0 Å². The molecule has 2 aliphatic rings. The van der Waals surface area contributed by atoms with E-state index in [2.05, 4.69) is 21.3 Å². The molecule has 2 aromatic rings. The maximum Gasteiger partial charge on any atom is 0.320 e. The minimum Gasteiger partial charge on any atom is -0.480 e. The van der Waals surface area contributed by atoms with Gasteiger partial charge in [0.25, 0.3) is 0 Å². The van der Waals surface area contributed by atoms with Crippen molar-refractivity contribution in [3.05, 3.63) is 28.6 Å². The van der Waals surface area contributed by atoms with Gasteiger partial charge in [0.05, 0.1) is 4.88 Å². The van der Waals surface area contributed by atoms with Gasteiger partial charge in [-0.25, -0.2) is 4.98 Å². The summed E-state index contributed by atoms with van der Waals surface area (Å²) in [5.41, 5.74) is 0. The Balaban J connectivity index is 1.55. The van der Waals surface area contributed by atoms with Crippen LogP contribution in [0.5, 0.6) is 0 Å². The molecule has 0 amide bonds. The van der Waals surface area contributed by atoms with Crippen molar-refractivity contribution in [3.63, 3.8) is 0 Å². The number of hydrogen-bond acceptors (Lipinski definition) is 5. The number of aliphatic carboxylic acids is 1. The molecule has 1 aliphatic heterocycles. The first-order valence-corrected chi connectivity index (χ1v) is 9.89. The molecule has 3 atom stereocenters. The van der Waals surface area contributed by atoms with Crippen molar-refractivity contribution in [2.75, 3.05) is 0 Å². The number of carboxylic acid groups (broad SMARTS) is 1. The number of thiophene rings is 1. The standard InChI is InChI=1S/C17H20N2O2S2/c20-17(21)14-8-11-4-1-2-5-13(11)19(14)10-12-9-18-16(23-12)15-6-3-7-22-15/h3,6-7,9,11,13-14H,1-2,4-5,8,10H2,(H,20,21). The largest absolute Gasteiger partial charge is 0.480 e. The van der Waals surface area contributed by atoms with E-state index in [0.717, 1.165) is 24.4 Å². The third-order valence-corrected chi connectivity index (χ3v) is 7.15. The van der Waals surface area contributed by atoms with E-state index >= 15 is 0 Å². The first kappa shape index (κ1) is 15.3. The van der Waals surface area contributed by atoms with E-state index in [9.17, 15) is 9.90 Å². The van der Waals surface area contributed by atoms with Crippen LogP contribution in [0.25, 0.3) is 9.88 Å². The van der Waals surface area contributed by atoms with Crippen LogP contribution in [0.2, 0.25) is 0 Å². The van der Waals surface area contributed by atoms with Crippen LogP contribution in [-0.4, -0.2) is 33.0 Å². The third-order valence-electron chi connectivity index (χ3n) is 5.13. The molecule has 23 heavy (non-hydrogen) atoms. The molecule has 0 aromatic carbocycles. The molecule has 3 unspecified atom stereocenters. The minimum atomic E-state index is -0.664. The lowest BCUT2D eigenvalue weighted by molar-refractivity contribution is -0.142. The van der Waals surface area contributed by atoms with E-state index in [1.807, 2.05) is 12.3 Å². The summed E-state index contributed by atoms with van der Waals surface area (Å²) in [5, 5.41) is 12.7. The molecule has 122 valence electrons. The van der Waals surface area contributed by atoms with Gasteiger partial charge in [-0.2, -0.15) is 0 Å². The Morgan fingerprint density at radius 3 is 3.04 bits per heavy atom. The molecule has 1 saturated carbocycles. The number of carbonyl (C=O) groups is 1. The van der Waals surface area contributed by atoms with Crippen molar-refractivity contribution in [1.82, 2.24) is 9.88 Å². The van der Waals surface area contributed by atoms with Crippen molar-refractivity contribution in [2.45, 2.75) is 50.7 Å². The summed E-state index contributed by atoms with van der Waals surface area (Å²) in [6, 6.07) is 4.24.